The van der Waals surface area contributed by atoms with Gasteiger partial charge in [0.25, 0.3) is 0 Å². The van der Waals surface area contributed by atoms with Crippen molar-refractivity contribution in [2.24, 2.45) is 5.92 Å². The Labute approximate surface area is 78.7 Å². The summed E-state index contributed by atoms with van der Waals surface area (Å²) in [6.45, 7) is 2.56. The van der Waals surface area contributed by atoms with Crippen LogP contribution in [0.3, 0.4) is 0 Å². The minimum absolute atomic E-state index is 0.126. The number of carbonyl (C=O) groups is 1. The van der Waals surface area contributed by atoms with E-state index in [0.29, 0.717) is 13.0 Å². The van der Waals surface area contributed by atoms with Crippen molar-refractivity contribution in [3.63, 3.8) is 0 Å². The van der Waals surface area contributed by atoms with E-state index in [1.54, 1.807) is 0 Å². The molecule has 1 atom stereocenters. The molecule has 0 saturated carbocycles. The van der Waals surface area contributed by atoms with Gasteiger partial charge in [-0.1, -0.05) is 0 Å². The zero-order valence-electron chi connectivity index (χ0n) is 7.88. The maximum Gasteiger partial charge on any atom is 0.224 e. The molecule has 1 rings (SSSR count). The standard InChI is InChI=1S/C9H18N2O2/c12-6-2-5-11-9(13)8-3-1-4-10-7-8/h8,10,12H,1-7H2,(H,11,13). The highest BCUT2D eigenvalue weighted by atomic mass is 16.3. The predicted octanol–water partition coefficient (Wildman–Crippen LogP) is -0.515. The first-order chi connectivity index (χ1) is 6.34. The van der Waals surface area contributed by atoms with Gasteiger partial charge in [0.1, 0.15) is 0 Å². The monoisotopic (exact) mass is 186 g/mol. The summed E-state index contributed by atoms with van der Waals surface area (Å²) >= 11 is 0. The Morgan fingerprint density at radius 2 is 2.46 bits per heavy atom. The lowest BCUT2D eigenvalue weighted by atomic mass is 9.99. The Morgan fingerprint density at radius 1 is 1.62 bits per heavy atom. The summed E-state index contributed by atoms with van der Waals surface area (Å²) in [4.78, 5) is 11.4. The zero-order chi connectivity index (χ0) is 9.52. The third-order valence-corrected chi connectivity index (χ3v) is 2.30. The average molecular weight is 186 g/mol. The van der Waals surface area contributed by atoms with E-state index in [-0.39, 0.29) is 18.4 Å². The normalized spacial score (nSPS) is 22.7. The van der Waals surface area contributed by atoms with Crippen molar-refractivity contribution in [2.45, 2.75) is 19.3 Å². The zero-order valence-corrected chi connectivity index (χ0v) is 7.88. The molecule has 1 heterocycles. The molecule has 0 aromatic carbocycles. The highest BCUT2D eigenvalue weighted by Gasteiger charge is 2.19. The number of carbonyl (C=O) groups excluding carboxylic acids is 1. The Morgan fingerprint density at radius 3 is 3.08 bits per heavy atom. The fourth-order valence-corrected chi connectivity index (χ4v) is 1.51. The van der Waals surface area contributed by atoms with Crippen LogP contribution in [0.15, 0.2) is 0 Å². The lowest BCUT2D eigenvalue weighted by Gasteiger charge is -2.21. The van der Waals surface area contributed by atoms with Crippen LogP contribution in [0.2, 0.25) is 0 Å². The fourth-order valence-electron chi connectivity index (χ4n) is 1.51. The van der Waals surface area contributed by atoms with E-state index < -0.39 is 0 Å². The number of hydrogen-bond acceptors (Lipinski definition) is 3. The highest BCUT2D eigenvalue weighted by Crippen LogP contribution is 2.09. The predicted molar refractivity (Wildman–Crippen MR) is 50.3 cm³/mol. The van der Waals surface area contributed by atoms with E-state index in [1.165, 1.54) is 0 Å². The summed E-state index contributed by atoms with van der Waals surface area (Å²) in [5.41, 5.74) is 0. The van der Waals surface area contributed by atoms with Crippen LogP contribution in [0.25, 0.3) is 0 Å². The number of piperidine rings is 1. The molecule has 4 nitrogen and oxygen atoms in total. The lowest BCUT2D eigenvalue weighted by molar-refractivity contribution is -0.125. The van der Waals surface area contributed by atoms with Crippen LogP contribution < -0.4 is 10.6 Å². The molecule has 0 radical (unpaired) electrons. The molecule has 13 heavy (non-hydrogen) atoms. The van der Waals surface area contributed by atoms with Crippen molar-refractivity contribution in [1.82, 2.24) is 10.6 Å². The Kier molecular flexibility index (Phi) is 4.78. The van der Waals surface area contributed by atoms with E-state index in [0.717, 1.165) is 25.9 Å². The van der Waals surface area contributed by atoms with Gasteiger partial charge >= 0.3 is 0 Å². The number of rotatable bonds is 4. The summed E-state index contributed by atoms with van der Waals surface area (Å²) in [6.07, 6.45) is 2.71. The molecule has 1 aliphatic rings. The van der Waals surface area contributed by atoms with E-state index in [4.69, 9.17) is 5.11 Å². The van der Waals surface area contributed by atoms with Crippen molar-refractivity contribution in [2.75, 3.05) is 26.2 Å². The maximum atomic E-state index is 11.4. The summed E-state index contributed by atoms with van der Waals surface area (Å²) < 4.78 is 0. The third kappa shape index (κ3) is 3.74. The van der Waals surface area contributed by atoms with Crippen molar-refractivity contribution < 1.29 is 9.90 Å². The van der Waals surface area contributed by atoms with Crippen LogP contribution in [0, 0.1) is 5.92 Å². The Bertz CT molecular complexity index is 156. The van der Waals surface area contributed by atoms with E-state index in [1.807, 2.05) is 0 Å². The van der Waals surface area contributed by atoms with Gasteiger partial charge in [0, 0.05) is 19.7 Å². The van der Waals surface area contributed by atoms with Gasteiger partial charge in [0.15, 0.2) is 0 Å². The minimum Gasteiger partial charge on any atom is -0.396 e. The molecule has 0 aliphatic carbocycles. The molecule has 4 heteroatoms. The number of amides is 1. The minimum atomic E-state index is 0.126. The summed E-state index contributed by atoms with van der Waals surface area (Å²) in [5.74, 6) is 0.257. The molecule has 0 bridgehead atoms. The van der Waals surface area contributed by atoms with Crippen LogP contribution in [0.4, 0.5) is 0 Å². The van der Waals surface area contributed by atoms with Gasteiger partial charge in [0.2, 0.25) is 5.91 Å². The van der Waals surface area contributed by atoms with E-state index in [9.17, 15) is 4.79 Å². The first kappa shape index (κ1) is 10.5. The van der Waals surface area contributed by atoms with Crippen LogP contribution in [0.1, 0.15) is 19.3 Å². The first-order valence-corrected chi connectivity index (χ1v) is 4.94. The first-order valence-electron chi connectivity index (χ1n) is 4.94. The molecule has 1 unspecified atom stereocenters. The number of nitrogens with one attached hydrogen (secondary N) is 2. The lowest BCUT2D eigenvalue weighted by Crippen LogP contribution is -2.40. The molecule has 3 N–H and O–H groups in total. The second-order valence-electron chi connectivity index (χ2n) is 3.41. The molecule has 0 aromatic rings. The summed E-state index contributed by atoms with van der Waals surface area (Å²) in [7, 11) is 0. The van der Waals surface area contributed by atoms with Gasteiger partial charge in [-0.15, -0.1) is 0 Å². The van der Waals surface area contributed by atoms with Gasteiger partial charge in [-0.25, -0.2) is 0 Å². The van der Waals surface area contributed by atoms with Crippen LogP contribution in [-0.2, 0) is 4.79 Å². The SMILES string of the molecule is O=C(NCCCO)C1CCCNC1. The molecule has 1 saturated heterocycles. The second-order valence-corrected chi connectivity index (χ2v) is 3.41. The van der Waals surface area contributed by atoms with Crippen molar-refractivity contribution in [3.8, 4) is 0 Å². The summed E-state index contributed by atoms with van der Waals surface area (Å²) in [6, 6.07) is 0. The molecule has 76 valence electrons. The fraction of sp³-hybridized carbons (Fsp3) is 0.889. The van der Waals surface area contributed by atoms with Crippen LogP contribution in [-0.4, -0.2) is 37.3 Å². The molecular formula is C9H18N2O2. The smallest absolute Gasteiger partial charge is 0.224 e. The largest absolute Gasteiger partial charge is 0.396 e. The molecule has 0 aromatic heterocycles. The molecular weight excluding hydrogens is 168 g/mol. The maximum absolute atomic E-state index is 11.4. The number of aliphatic hydroxyl groups excluding tert-OH is 1. The van der Waals surface area contributed by atoms with Gasteiger partial charge in [-0.2, -0.15) is 0 Å². The summed E-state index contributed by atoms with van der Waals surface area (Å²) in [5, 5.41) is 14.5. The van der Waals surface area contributed by atoms with Crippen molar-refractivity contribution in [3.05, 3.63) is 0 Å². The number of aliphatic hydroxyl groups is 1. The second kappa shape index (κ2) is 5.94. The molecule has 1 aliphatic heterocycles. The van der Waals surface area contributed by atoms with Gasteiger partial charge in [-0.3, -0.25) is 4.79 Å². The highest BCUT2D eigenvalue weighted by molar-refractivity contribution is 5.78. The molecule has 1 amide bonds. The average Bonchev–Trinajstić information content (AvgIpc) is 2.19. The van der Waals surface area contributed by atoms with Crippen LogP contribution in [0.5, 0.6) is 0 Å². The molecule has 1 fully saturated rings. The van der Waals surface area contributed by atoms with Crippen LogP contribution >= 0.6 is 0 Å². The van der Waals surface area contributed by atoms with Crippen molar-refractivity contribution >= 4 is 5.91 Å². The van der Waals surface area contributed by atoms with Gasteiger partial charge < -0.3 is 15.7 Å². The Balaban J connectivity index is 2.13. The number of hydrogen-bond donors (Lipinski definition) is 3. The van der Waals surface area contributed by atoms with Gasteiger partial charge in [-0.05, 0) is 25.8 Å². The topological polar surface area (TPSA) is 61.4 Å². The van der Waals surface area contributed by atoms with Gasteiger partial charge in [0.05, 0.1) is 5.92 Å². The van der Waals surface area contributed by atoms with E-state index >= 15 is 0 Å². The molecule has 0 spiro atoms. The third-order valence-electron chi connectivity index (χ3n) is 2.30. The van der Waals surface area contributed by atoms with Crippen molar-refractivity contribution in [1.29, 1.82) is 0 Å². The quantitative estimate of drug-likeness (QED) is 0.518. The van der Waals surface area contributed by atoms with E-state index in [2.05, 4.69) is 10.6 Å². The Hall–Kier alpha value is -0.610.